The molecule has 1 aromatic heterocycles. The Hall–Kier alpha value is -1.10. The van der Waals surface area contributed by atoms with Crippen LogP contribution in [0.1, 0.15) is 12.5 Å². The summed E-state index contributed by atoms with van der Waals surface area (Å²) >= 11 is 9.54. The van der Waals surface area contributed by atoms with Gasteiger partial charge < -0.3 is 10.1 Å². The van der Waals surface area contributed by atoms with E-state index in [-0.39, 0.29) is 0 Å². The fraction of sp³-hybridized carbons (Fsp3) is 0.214. The minimum atomic E-state index is 0.421. The van der Waals surface area contributed by atoms with Gasteiger partial charge in [-0.15, -0.1) is 0 Å². The van der Waals surface area contributed by atoms with Crippen LogP contribution in [-0.2, 0) is 6.54 Å². The molecule has 0 radical (unpaired) electrons. The Morgan fingerprint density at radius 1 is 1.32 bits per heavy atom. The molecule has 100 valence electrons. The van der Waals surface area contributed by atoms with Crippen LogP contribution in [-0.4, -0.2) is 11.5 Å². The van der Waals surface area contributed by atoms with Crippen molar-refractivity contribution >= 4 is 27.5 Å². The molecular formula is C14H14BrClN2O. The number of nitrogens with one attached hydrogen (secondary N) is 1. The maximum atomic E-state index is 6.16. The van der Waals surface area contributed by atoms with Crippen molar-refractivity contribution < 1.29 is 4.74 Å². The Bertz CT molecular complexity index is 546. The molecule has 0 aliphatic rings. The Morgan fingerprint density at radius 3 is 2.68 bits per heavy atom. The van der Waals surface area contributed by atoms with E-state index in [0.717, 1.165) is 23.1 Å². The number of pyridine rings is 1. The van der Waals surface area contributed by atoms with Crippen LogP contribution in [0.4, 0.5) is 0 Å². The SMILES string of the molecule is CCNCc1cnc(Oc2ccc(Br)cc2)c(Cl)c1. The van der Waals surface area contributed by atoms with Crippen LogP contribution in [0.25, 0.3) is 0 Å². The number of hydrogen-bond acceptors (Lipinski definition) is 3. The normalized spacial score (nSPS) is 10.5. The summed E-state index contributed by atoms with van der Waals surface area (Å²) < 4.78 is 6.64. The second-order valence-electron chi connectivity index (χ2n) is 3.97. The van der Waals surface area contributed by atoms with Gasteiger partial charge in [0.05, 0.1) is 0 Å². The molecule has 2 rings (SSSR count). The number of rotatable bonds is 5. The number of ether oxygens (including phenoxy) is 1. The highest BCUT2D eigenvalue weighted by atomic mass is 79.9. The molecule has 0 saturated heterocycles. The standard InChI is InChI=1S/C14H14BrClN2O/c1-2-17-8-10-7-13(16)14(18-9-10)19-12-5-3-11(15)4-6-12/h3-7,9,17H,2,8H2,1H3. The zero-order chi connectivity index (χ0) is 13.7. The minimum Gasteiger partial charge on any atom is -0.438 e. The van der Waals surface area contributed by atoms with Gasteiger partial charge in [-0.05, 0) is 42.4 Å². The van der Waals surface area contributed by atoms with Gasteiger partial charge in [-0.25, -0.2) is 4.98 Å². The van der Waals surface area contributed by atoms with Crippen LogP contribution >= 0.6 is 27.5 Å². The summed E-state index contributed by atoms with van der Waals surface area (Å²) in [5, 5.41) is 3.73. The first-order chi connectivity index (χ1) is 9.19. The third-order valence-electron chi connectivity index (χ3n) is 2.47. The zero-order valence-corrected chi connectivity index (χ0v) is 12.8. The second kappa shape index (κ2) is 6.89. The van der Waals surface area contributed by atoms with Crippen molar-refractivity contribution in [3.8, 4) is 11.6 Å². The molecule has 0 spiro atoms. The molecule has 0 atom stereocenters. The van der Waals surface area contributed by atoms with Gasteiger partial charge in [-0.3, -0.25) is 0 Å². The van der Waals surface area contributed by atoms with Gasteiger partial charge in [-0.2, -0.15) is 0 Å². The van der Waals surface area contributed by atoms with Crippen LogP contribution in [0.2, 0.25) is 5.02 Å². The number of nitrogens with zero attached hydrogens (tertiary/aromatic N) is 1. The molecule has 0 saturated carbocycles. The van der Waals surface area contributed by atoms with Gasteiger partial charge in [0.1, 0.15) is 10.8 Å². The fourth-order valence-electron chi connectivity index (χ4n) is 1.52. The highest BCUT2D eigenvalue weighted by Gasteiger charge is 2.06. The van der Waals surface area contributed by atoms with Crippen molar-refractivity contribution in [2.75, 3.05) is 6.54 Å². The van der Waals surface area contributed by atoms with Crippen LogP contribution in [0, 0.1) is 0 Å². The van der Waals surface area contributed by atoms with E-state index in [1.54, 1.807) is 6.20 Å². The van der Waals surface area contributed by atoms with Crippen LogP contribution in [0.15, 0.2) is 41.0 Å². The highest BCUT2D eigenvalue weighted by Crippen LogP contribution is 2.28. The molecule has 0 aliphatic heterocycles. The Morgan fingerprint density at radius 2 is 2.05 bits per heavy atom. The largest absolute Gasteiger partial charge is 0.438 e. The topological polar surface area (TPSA) is 34.2 Å². The molecule has 2 aromatic rings. The summed E-state index contributed by atoms with van der Waals surface area (Å²) in [5.74, 6) is 1.13. The summed E-state index contributed by atoms with van der Waals surface area (Å²) in [5.41, 5.74) is 1.04. The summed E-state index contributed by atoms with van der Waals surface area (Å²) in [4.78, 5) is 4.24. The monoisotopic (exact) mass is 340 g/mol. The van der Waals surface area contributed by atoms with E-state index < -0.39 is 0 Å². The lowest BCUT2D eigenvalue weighted by Crippen LogP contribution is -2.11. The number of aromatic nitrogens is 1. The van der Waals surface area contributed by atoms with Gasteiger partial charge in [0, 0.05) is 17.2 Å². The number of benzene rings is 1. The molecule has 0 fully saturated rings. The summed E-state index contributed by atoms with van der Waals surface area (Å²) in [6.45, 7) is 3.72. The summed E-state index contributed by atoms with van der Waals surface area (Å²) in [6.07, 6.45) is 1.77. The highest BCUT2D eigenvalue weighted by molar-refractivity contribution is 9.10. The van der Waals surface area contributed by atoms with Gasteiger partial charge >= 0.3 is 0 Å². The predicted octanol–water partition coefficient (Wildman–Crippen LogP) is 4.40. The van der Waals surface area contributed by atoms with Gasteiger partial charge in [0.15, 0.2) is 0 Å². The maximum Gasteiger partial charge on any atom is 0.238 e. The third-order valence-corrected chi connectivity index (χ3v) is 3.27. The number of halogens is 2. The second-order valence-corrected chi connectivity index (χ2v) is 5.29. The van der Waals surface area contributed by atoms with Gasteiger partial charge in [0.2, 0.25) is 5.88 Å². The molecule has 1 aromatic carbocycles. The molecular weight excluding hydrogens is 328 g/mol. The maximum absolute atomic E-state index is 6.16. The first kappa shape index (κ1) is 14.3. The molecule has 1 heterocycles. The van der Waals surface area contributed by atoms with Crippen molar-refractivity contribution in [3.63, 3.8) is 0 Å². The minimum absolute atomic E-state index is 0.421. The lowest BCUT2D eigenvalue weighted by atomic mass is 10.3. The van der Waals surface area contributed by atoms with Crippen molar-refractivity contribution in [2.45, 2.75) is 13.5 Å². The van der Waals surface area contributed by atoms with Crippen LogP contribution in [0.3, 0.4) is 0 Å². The lowest BCUT2D eigenvalue weighted by Gasteiger charge is -2.08. The van der Waals surface area contributed by atoms with E-state index >= 15 is 0 Å². The Balaban J connectivity index is 2.10. The van der Waals surface area contributed by atoms with Crippen LogP contribution < -0.4 is 10.1 Å². The smallest absolute Gasteiger partial charge is 0.238 e. The first-order valence-corrected chi connectivity index (χ1v) is 7.14. The third kappa shape index (κ3) is 4.20. The van der Waals surface area contributed by atoms with Gasteiger partial charge in [0.25, 0.3) is 0 Å². The average molecular weight is 342 g/mol. The number of hydrogen-bond donors (Lipinski definition) is 1. The van der Waals surface area contributed by atoms with E-state index in [9.17, 15) is 0 Å². The summed E-state index contributed by atoms with van der Waals surface area (Å²) in [6, 6.07) is 9.39. The van der Waals surface area contributed by atoms with Crippen LogP contribution in [0.5, 0.6) is 11.6 Å². The Labute approximate surface area is 126 Å². The van der Waals surface area contributed by atoms with Crippen molar-refractivity contribution in [3.05, 3.63) is 51.6 Å². The lowest BCUT2D eigenvalue weighted by molar-refractivity contribution is 0.462. The molecule has 0 amide bonds. The predicted molar refractivity (Wildman–Crippen MR) is 80.8 cm³/mol. The average Bonchev–Trinajstić information content (AvgIpc) is 2.41. The van der Waals surface area contributed by atoms with Crippen molar-refractivity contribution in [1.82, 2.24) is 10.3 Å². The molecule has 1 N–H and O–H groups in total. The molecule has 3 nitrogen and oxygen atoms in total. The Kier molecular flexibility index (Phi) is 5.19. The fourth-order valence-corrected chi connectivity index (χ4v) is 2.01. The molecule has 0 bridgehead atoms. The van der Waals surface area contributed by atoms with Crippen molar-refractivity contribution in [2.24, 2.45) is 0 Å². The molecule has 5 heteroatoms. The van der Waals surface area contributed by atoms with E-state index in [4.69, 9.17) is 16.3 Å². The summed E-state index contributed by atoms with van der Waals surface area (Å²) in [7, 11) is 0. The van der Waals surface area contributed by atoms with E-state index in [2.05, 4.69) is 33.2 Å². The first-order valence-electron chi connectivity index (χ1n) is 5.97. The van der Waals surface area contributed by atoms with E-state index in [1.807, 2.05) is 30.3 Å². The molecule has 0 aliphatic carbocycles. The zero-order valence-electron chi connectivity index (χ0n) is 10.5. The van der Waals surface area contributed by atoms with E-state index in [0.29, 0.717) is 16.7 Å². The van der Waals surface area contributed by atoms with Gasteiger partial charge in [-0.1, -0.05) is 34.5 Å². The molecule has 0 unspecified atom stereocenters. The van der Waals surface area contributed by atoms with Crippen molar-refractivity contribution in [1.29, 1.82) is 0 Å². The molecule has 19 heavy (non-hydrogen) atoms. The van der Waals surface area contributed by atoms with E-state index in [1.165, 1.54) is 0 Å². The quantitative estimate of drug-likeness (QED) is 0.875.